The first-order valence-electron chi connectivity index (χ1n) is 11.3. The van der Waals surface area contributed by atoms with Crippen molar-refractivity contribution < 1.29 is 22.9 Å². The number of phenolic OH excluding ortho intramolecular Hbond substituents is 1. The van der Waals surface area contributed by atoms with E-state index < -0.39 is 21.8 Å². The van der Waals surface area contributed by atoms with Gasteiger partial charge in [-0.25, -0.2) is 0 Å². The first kappa shape index (κ1) is 22.9. The molecule has 0 radical (unpaired) electrons. The summed E-state index contributed by atoms with van der Waals surface area (Å²) < 4.78 is 33.0. The van der Waals surface area contributed by atoms with Gasteiger partial charge in [0.1, 0.15) is 5.75 Å². The normalized spacial score (nSPS) is 12.6. The number of aromatic hydroxyl groups is 1. The van der Waals surface area contributed by atoms with Crippen molar-refractivity contribution in [3.8, 4) is 33.8 Å². The van der Waals surface area contributed by atoms with Gasteiger partial charge in [-0.1, -0.05) is 54.6 Å². The molecule has 1 aromatic heterocycles. The number of aryl methyl sites for hydroxylation is 1. The van der Waals surface area contributed by atoms with Crippen LogP contribution in [0.1, 0.15) is 21.6 Å². The molecule has 0 bridgehead atoms. The van der Waals surface area contributed by atoms with E-state index in [0.29, 0.717) is 5.69 Å². The van der Waals surface area contributed by atoms with Crippen molar-refractivity contribution in [1.29, 1.82) is 0 Å². The SMILES string of the molecule is O=C(NCCS(=O)(=O)O)c1cc(-n2c(-c3ccccc3)cc3c2CCc2ccccc2-3)ccc1O. The number of amides is 1. The van der Waals surface area contributed by atoms with Gasteiger partial charge >= 0.3 is 0 Å². The molecule has 5 rings (SSSR count). The van der Waals surface area contributed by atoms with Crippen molar-refractivity contribution in [3.05, 3.63) is 95.7 Å². The fourth-order valence-corrected chi connectivity index (χ4v) is 4.99. The number of carbonyl (C=O) groups excluding carboxylic acids is 1. The van der Waals surface area contributed by atoms with Gasteiger partial charge in [0.15, 0.2) is 0 Å². The Kier molecular flexibility index (Phi) is 5.92. The quantitative estimate of drug-likeness (QED) is 0.352. The Morgan fingerprint density at radius 3 is 2.43 bits per heavy atom. The molecule has 0 unspecified atom stereocenters. The van der Waals surface area contributed by atoms with Crippen molar-refractivity contribution in [3.63, 3.8) is 0 Å². The van der Waals surface area contributed by atoms with Crippen LogP contribution in [-0.2, 0) is 23.0 Å². The largest absolute Gasteiger partial charge is 0.507 e. The summed E-state index contributed by atoms with van der Waals surface area (Å²) in [6, 6.07) is 25.3. The number of aromatic nitrogens is 1. The zero-order valence-corrected chi connectivity index (χ0v) is 19.6. The fraction of sp³-hybridized carbons (Fsp3) is 0.148. The van der Waals surface area contributed by atoms with Gasteiger partial charge in [-0.3, -0.25) is 9.35 Å². The Balaban J connectivity index is 1.62. The van der Waals surface area contributed by atoms with Crippen LogP contribution in [0, 0.1) is 0 Å². The molecule has 1 amide bonds. The lowest BCUT2D eigenvalue weighted by Gasteiger charge is -2.20. The molecule has 35 heavy (non-hydrogen) atoms. The zero-order chi connectivity index (χ0) is 24.6. The molecule has 0 atom stereocenters. The van der Waals surface area contributed by atoms with Crippen LogP contribution >= 0.6 is 0 Å². The van der Waals surface area contributed by atoms with E-state index >= 15 is 0 Å². The molecule has 178 valence electrons. The molecular weight excluding hydrogens is 464 g/mol. The molecule has 0 saturated heterocycles. The third-order valence-corrected chi connectivity index (χ3v) is 6.96. The van der Waals surface area contributed by atoms with Crippen LogP contribution in [-0.4, -0.2) is 40.8 Å². The molecule has 0 saturated carbocycles. The summed E-state index contributed by atoms with van der Waals surface area (Å²) in [5.74, 6) is -1.45. The fourth-order valence-electron chi connectivity index (χ4n) is 4.63. The third kappa shape index (κ3) is 4.58. The zero-order valence-electron chi connectivity index (χ0n) is 18.8. The van der Waals surface area contributed by atoms with E-state index in [1.807, 2.05) is 42.5 Å². The summed E-state index contributed by atoms with van der Waals surface area (Å²) >= 11 is 0. The number of phenols is 1. The number of nitrogens with one attached hydrogen (secondary N) is 1. The second kappa shape index (κ2) is 9.05. The van der Waals surface area contributed by atoms with Crippen molar-refractivity contribution in [2.24, 2.45) is 0 Å². The van der Waals surface area contributed by atoms with Crippen LogP contribution in [0.2, 0.25) is 0 Å². The molecule has 3 aromatic carbocycles. The van der Waals surface area contributed by atoms with Crippen LogP contribution < -0.4 is 5.32 Å². The molecule has 0 spiro atoms. The Morgan fingerprint density at radius 1 is 0.914 bits per heavy atom. The van der Waals surface area contributed by atoms with E-state index in [-0.39, 0.29) is 17.9 Å². The van der Waals surface area contributed by atoms with E-state index in [0.717, 1.165) is 35.4 Å². The van der Waals surface area contributed by atoms with Gasteiger partial charge < -0.3 is 15.0 Å². The number of hydrogen-bond donors (Lipinski definition) is 3. The monoisotopic (exact) mass is 488 g/mol. The highest BCUT2D eigenvalue weighted by Gasteiger charge is 2.24. The molecule has 3 N–H and O–H groups in total. The molecule has 4 aromatic rings. The highest BCUT2D eigenvalue weighted by Crippen LogP contribution is 2.40. The van der Waals surface area contributed by atoms with Crippen LogP contribution in [0.3, 0.4) is 0 Å². The summed E-state index contributed by atoms with van der Waals surface area (Å²) in [6.45, 7) is -0.272. The lowest BCUT2D eigenvalue weighted by atomic mass is 9.90. The minimum absolute atomic E-state index is 0.0236. The molecule has 0 aliphatic heterocycles. The molecule has 8 heteroatoms. The van der Waals surface area contributed by atoms with Gasteiger partial charge in [0, 0.05) is 23.5 Å². The maximum absolute atomic E-state index is 12.7. The third-order valence-electron chi connectivity index (χ3n) is 6.24. The minimum Gasteiger partial charge on any atom is -0.507 e. The van der Waals surface area contributed by atoms with E-state index in [1.54, 1.807) is 12.1 Å². The van der Waals surface area contributed by atoms with Gasteiger partial charge in [0.2, 0.25) is 0 Å². The van der Waals surface area contributed by atoms with Crippen molar-refractivity contribution >= 4 is 16.0 Å². The minimum atomic E-state index is -4.21. The number of benzene rings is 3. The van der Waals surface area contributed by atoms with Gasteiger partial charge in [-0.2, -0.15) is 8.42 Å². The van der Waals surface area contributed by atoms with Gasteiger partial charge in [0.25, 0.3) is 16.0 Å². The molecule has 1 heterocycles. The van der Waals surface area contributed by atoms with Crippen molar-refractivity contribution in [2.45, 2.75) is 12.8 Å². The molecule has 0 fully saturated rings. The molecule has 1 aliphatic rings. The van der Waals surface area contributed by atoms with Crippen molar-refractivity contribution in [1.82, 2.24) is 9.88 Å². The lowest BCUT2D eigenvalue weighted by molar-refractivity contribution is 0.0953. The smallest absolute Gasteiger partial charge is 0.266 e. The molecule has 1 aliphatic carbocycles. The average molecular weight is 489 g/mol. The van der Waals surface area contributed by atoms with E-state index in [9.17, 15) is 18.3 Å². The van der Waals surface area contributed by atoms with Gasteiger partial charge in [-0.05, 0) is 53.8 Å². The maximum atomic E-state index is 12.7. The Labute approximate surface area is 203 Å². The highest BCUT2D eigenvalue weighted by molar-refractivity contribution is 7.85. The first-order chi connectivity index (χ1) is 16.8. The number of hydrogen-bond acceptors (Lipinski definition) is 4. The Hall–Kier alpha value is -3.88. The van der Waals surface area contributed by atoms with Crippen LogP contribution in [0.15, 0.2) is 78.9 Å². The predicted molar refractivity (Wildman–Crippen MR) is 134 cm³/mol. The summed E-state index contributed by atoms with van der Waals surface area (Å²) in [6.07, 6.45) is 1.71. The summed E-state index contributed by atoms with van der Waals surface area (Å²) in [4.78, 5) is 12.7. The molecular formula is C27H24N2O5S. The Morgan fingerprint density at radius 2 is 1.66 bits per heavy atom. The number of carbonyl (C=O) groups is 1. The van der Waals surface area contributed by atoms with Gasteiger partial charge in [0.05, 0.1) is 17.0 Å². The van der Waals surface area contributed by atoms with E-state index in [2.05, 4.69) is 28.1 Å². The summed E-state index contributed by atoms with van der Waals surface area (Å²) in [5, 5.41) is 12.8. The van der Waals surface area contributed by atoms with Crippen molar-refractivity contribution in [2.75, 3.05) is 12.3 Å². The lowest BCUT2D eigenvalue weighted by Crippen LogP contribution is -2.29. The topological polar surface area (TPSA) is 109 Å². The summed E-state index contributed by atoms with van der Waals surface area (Å²) in [5.41, 5.74) is 7.46. The number of fused-ring (bicyclic) bond motifs is 3. The molecule has 7 nitrogen and oxygen atoms in total. The average Bonchev–Trinajstić information content (AvgIpc) is 3.24. The number of rotatable bonds is 6. The van der Waals surface area contributed by atoms with Gasteiger partial charge in [-0.15, -0.1) is 0 Å². The van der Waals surface area contributed by atoms with Crippen LogP contribution in [0.5, 0.6) is 5.75 Å². The predicted octanol–water partition coefficient (Wildman–Crippen LogP) is 4.23. The van der Waals surface area contributed by atoms with E-state index in [4.69, 9.17) is 4.55 Å². The number of nitrogens with zero attached hydrogens (tertiary/aromatic N) is 1. The second-order valence-corrected chi connectivity index (χ2v) is 10.1. The van der Waals surface area contributed by atoms with E-state index in [1.165, 1.54) is 17.2 Å². The highest BCUT2D eigenvalue weighted by atomic mass is 32.2. The Bertz CT molecular complexity index is 1520. The second-order valence-electron chi connectivity index (χ2n) is 8.49. The maximum Gasteiger partial charge on any atom is 0.266 e. The first-order valence-corrected chi connectivity index (χ1v) is 12.9. The summed E-state index contributed by atoms with van der Waals surface area (Å²) in [7, 11) is -4.21. The van der Waals surface area contributed by atoms with Crippen LogP contribution in [0.25, 0.3) is 28.1 Å². The van der Waals surface area contributed by atoms with Crippen LogP contribution in [0.4, 0.5) is 0 Å². The standard InChI is InChI=1S/C27H24N2O5S/c30-26-13-11-20(16-23(26)27(31)28-14-15-35(32,33)34)29-24-12-10-18-6-4-5-9-21(18)22(24)17-25(29)19-7-2-1-3-8-19/h1-9,11,13,16-17,30H,10,12,14-15H2,(H,28,31)(H,32,33,34).